The number of hydrogen-bond acceptors (Lipinski definition) is 2. The molecule has 2 nitrogen and oxygen atoms in total. The smallest absolute Gasteiger partial charge is 0.0900 e. The third-order valence-corrected chi connectivity index (χ3v) is 3.92. The molecule has 0 saturated carbocycles. The Morgan fingerprint density at radius 1 is 1.41 bits per heavy atom. The van der Waals surface area contributed by atoms with Crippen LogP contribution in [0.2, 0.25) is 0 Å². The van der Waals surface area contributed by atoms with Crippen molar-refractivity contribution in [2.24, 2.45) is 0 Å². The number of rotatable bonds is 4. The fraction of sp³-hybridized carbons (Fsp3) is 0.600. The lowest BCUT2D eigenvalue weighted by molar-refractivity contribution is -0.000416. The fourth-order valence-electron chi connectivity index (χ4n) is 2.86. The number of aliphatic hydroxyl groups is 1. The zero-order valence-electron chi connectivity index (χ0n) is 10.8. The number of benzene rings is 1. The molecular formula is C15H22O2. The highest BCUT2D eigenvalue weighted by Gasteiger charge is 2.35. The van der Waals surface area contributed by atoms with Crippen molar-refractivity contribution in [1.82, 2.24) is 0 Å². The lowest BCUT2D eigenvalue weighted by atomic mass is 9.73. The van der Waals surface area contributed by atoms with Crippen molar-refractivity contribution in [2.75, 3.05) is 13.7 Å². The Labute approximate surface area is 104 Å². The zero-order chi connectivity index (χ0) is 12.3. The van der Waals surface area contributed by atoms with Gasteiger partial charge in [0, 0.05) is 13.7 Å². The first kappa shape index (κ1) is 12.6. The van der Waals surface area contributed by atoms with Gasteiger partial charge >= 0.3 is 0 Å². The van der Waals surface area contributed by atoms with Gasteiger partial charge in [-0.2, -0.15) is 0 Å². The van der Waals surface area contributed by atoms with Crippen LogP contribution in [0.15, 0.2) is 24.3 Å². The minimum Gasteiger partial charge on any atom is -0.385 e. The Morgan fingerprint density at radius 3 is 2.94 bits per heavy atom. The monoisotopic (exact) mass is 234 g/mol. The maximum Gasteiger partial charge on any atom is 0.0900 e. The summed E-state index contributed by atoms with van der Waals surface area (Å²) in [6.45, 7) is 2.97. The highest BCUT2D eigenvalue weighted by Crippen LogP contribution is 2.43. The molecule has 0 heterocycles. The molecule has 0 spiro atoms. The van der Waals surface area contributed by atoms with Crippen LogP contribution in [0, 0.1) is 0 Å². The van der Waals surface area contributed by atoms with E-state index in [1.807, 2.05) is 6.07 Å². The van der Waals surface area contributed by atoms with Gasteiger partial charge < -0.3 is 9.84 Å². The maximum absolute atomic E-state index is 10.8. The highest BCUT2D eigenvalue weighted by molar-refractivity contribution is 5.37. The van der Waals surface area contributed by atoms with Crippen molar-refractivity contribution in [1.29, 1.82) is 0 Å². The quantitative estimate of drug-likeness (QED) is 0.811. The summed E-state index contributed by atoms with van der Waals surface area (Å²) >= 11 is 0. The largest absolute Gasteiger partial charge is 0.385 e. The molecule has 0 amide bonds. The summed E-state index contributed by atoms with van der Waals surface area (Å²) < 4.78 is 5.08. The first-order chi connectivity index (χ1) is 8.17. The van der Waals surface area contributed by atoms with Crippen molar-refractivity contribution in [3.63, 3.8) is 0 Å². The van der Waals surface area contributed by atoms with E-state index in [9.17, 15) is 5.11 Å². The molecule has 0 aliphatic heterocycles. The minimum atomic E-state index is -0.637. The van der Waals surface area contributed by atoms with Crippen LogP contribution in [0.4, 0.5) is 0 Å². The van der Waals surface area contributed by atoms with Crippen LogP contribution in [-0.2, 0) is 10.3 Å². The maximum atomic E-state index is 10.8. The Balaban J connectivity index is 2.22. The third kappa shape index (κ3) is 2.53. The van der Waals surface area contributed by atoms with Crippen molar-refractivity contribution in [3.05, 3.63) is 35.4 Å². The van der Waals surface area contributed by atoms with Crippen LogP contribution in [0.5, 0.6) is 0 Å². The molecule has 0 saturated heterocycles. The summed E-state index contributed by atoms with van der Waals surface area (Å²) in [5.74, 6) is 0.564. The normalized spacial score (nSPS) is 27.8. The molecule has 0 fully saturated rings. The SMILES string of the molecule is COCCCC1(O)CCC(C)c2ccccc21. The average Bonchev–Trinajstić information content (AvgIpc) is 2.35. The summed E-state index contributed by atoms with van der Waals surface area (Å²) in [5, 5.41) is 10.8. The van der Waals surface area contributed by atoms with E-state index in [4.69, 9.17) is 4.74 Å². The summed E-state index contributed by atoms with van der Waals surface area (Å²) in [4.78, 5) is 0. The van der Waals surface area contributed by atoms with Crippen LogP contribution in [-0.4, -0.2) is 18.8 Å². The molecule has 2 atom stereocenters. The van der Waals surface area contributed by atoms with Crippen LogP contribution in [0.25, 0.3) is 0 Å². The molecule has 0 bridgehead atoms. The molecule has 0 radical (unpaired) electrons. The molecule has 1 aliphatic rings. The molecule has 1 aliphatic carbocycles. The molecule has 2 unspecified atom stereocenters. The van der Waals surface area contributed by atoms with Gasteiger partial charge in [-0.1, -0.05) is 31.2 Å². The number of ether oxygens (including phenoxy) is 1. The van der Waals surface area contributed by atoms with Gasteiger partial charge in [-0.25, -0.2) is 0 Å². The molecule has 1 aromatic carbocycles. The molecule has 2 heteroatoms. The lowest BCUT2D eigenvalue weighted by Crippen LogP contribution is -2.32. The van der Waals surface area contributed by atoms with E-state index in [2.05, 4.69) is 25.1 Å². The van der Waals surface area contributed by atoms with E-state index in [1.165, 1.54) is 5.56 Å². The van der Waals surface area contributed by atoms with E-state index in [1.54, 1.807) is 7.11 Å². The van der Waals surface area contributed by atoms with E-state index in [-0.39, 0.29) is 0 Å². The lowest BCUT2D eigenvalue weighted by Gasteiger charge is -2.37. The first-order valence-electron chi connectivity index (χ1n) is 6.48. The van der Waals surface area contributed by atoms with Gasteiger partial charge in [0.05, 0.1) is 5.60 Å². The second-order valence-corrected chi connectivity index (χ2v) is 5.15. The Kier molecular flexibility index (Phi) is 3.85. The van der Waals surface area contributed by atoms with Crippen LogP contribution in [0.3, 0.4) is 0 Å². The topological polar surface area (TPSA) is 29.5 Å². The standard InChI is InChI=1S/C15H22O2/c1-12-8-10-15(16,9-5-11-17-2)14-7-4-3-6-13(12)14/h3-4,6-7,12,16H,5,8-11H2,1-2H3. The van der Waals surface area contributed by atoms with Crippen LogP contribution >= 0.6 is 0 Å². The Bertz CT molecular complexity index is 375. The van der Waals surface area contributed by atoms with Gasteiger partial charge in [0.15, 0.2) is 0 Å². The summed E-state index contributed by atoms with van der Waals surface area (Å²) in [5.41, 5.74) is 1.82. The second kappa shape index (κ2) is 5.19. The first-order valence-corrected chi connectivity index (χ1v) is 6.48. The van der Waals surface area contributed by atoms with E-state index in [0.717, 1.165) is 37.9 Å². The average molecular weight is 234 g/mol. The number of hydrogen-bond donors (Lipinski definition) is 1. The van der Waals surface area contributed by atoms with Crippen LogP contribution < -0.4 is 0 Å². The van der Waals surface area contributed by atoms with E-state index < -0.39 is 5.60 Å². The number of methoxy groups -OCH3 is 1. The van der Waals surface area contributed by atoms with Crippen LogP contribution in [0.1, 0.15) is 49.7 Å². The Hall–Kier alpha value is -0.860. The van der Waals surface area contributed by atoms with Crippen molar-refractivity contribution >= 4 is 0 Å². The van der Waals surface area contributed by atoms with Gasteiger partial charge in [-0.05, 0) is 42.7 Å². The highest BCUT2D eigenvalue weighted by atomic mass is 16.5. The van der Waals surface area contributed by atoms with E-state index in [0.29, 0.717) is 5.92 Å². The van der Waals surface area contributed by atoms with Crippen molar-refractivity contribution in [2.45, 2.75) is 44.1 Å². The molecule has 2 rings (SSSR count). The van der Waals surface area contributed by atoms with Gasteiger partial charge in [0.25, 0.3) is 0 Å². The molecule has 1 N–H and O–H groups in total. The number of fused-ring (bicyclic) bond motifs is 1. The molecule has 17 heavy (non-hydrogen) atoms. The van der Waals surface area contributed by atoms with Crippen molar-refractivity contribution < 1.29 is 9.84 Å². The second-order valence-electron chi connectivity index (χ2n) is 5.15. The van der Waals surface area contributed by atoms with Gasteiger partial charge in [-0.3, -0.25) is 0 Å². The minimum absolute atomic E-state index is 0.564. The fourth-order valence-corrected chi connectivity index (χ4v) is 2.86. The van der Waals surface area contributed by atoms with Crippen molar-refractivity contribution in [3.8, 4) is 0 Å². The van der Waals surface area contributed by atoms with Gasteiger partial charge in [0.2, 0.25) is 0 Å². The zero-order valence-corrected chi connectivity index (χ0v) is 10.8. The summed E-state index contributed by atoms with van der Waals surface area (Å²) in [6, 6.07) is 8.33. The molecular weight excluding hydrogens is 212 g/mol. The molecule has 1 aromatic rings. The van der Waals surface area contributed by atoms with Gasteiger partial charge in [-0.15, -0.1) is 0 Å². The third-order valence-electron chi connectivity index (χ3n) is 3.92. The van der Waals surface area contributed by atoms with E-state index >= 15 is 0 Å². The summed E-state index contributed by atoms with van der Waals surface area (Å²) in [7, 11) is 1.71. The molecule has 94 valence electrons. The predicted molar refractivity (Wildman–Crippen MR) is 69.1 cm³/mol. The Morgan fingerprint density at radius 2 is 2.18 bits per heavy atom. The summed E-state index contributed by atoms with van der Waals surface area (Å²) in [6.07, 6.45) is 3.65. The predicted octanol–water partition coefficient (Wildman–Crippen LogP) is 3.20. The molecule has 0 aromatic heterocycles. The van der Waals surface area contributed by atoms with Gasteiger partial charge in [0.1, 0.15) is 0 Å².